The number of benzene rings is 1. The van der Waals surface area contributed by atoms with E-state index < -0.39 is 11.9 Å². The number of hydrogen-bond acceptors (Lipinski definition) is 2. The van der Waals surface area contributed by atoms with Crippen LogP contribution in [0, 0.1) is 17.1 Å². The number of nitriles is 1. The summed E-state index contributed by atoms with van der Waals surface area (Å²) >= 11 is 5.69. The minimum absolute atomic E-state index is 0.283. The third kappa shape index (κ3) is 3.35. The molecule has 0 saturated heterocycles. The molecule has 78 valence electrons. The minimum Gasteiger partial charge on any atom is -0.295 e. The van der Waals surface area contributed by atoms with Gasteiger partial charge in [0.1, 0.15) is 11.9 Å². The average molecular weight is 225 g/mol. The molecule has 0 spiro atoms. The quantitative estimate of drug-likeness (QED) is 0.799. The molecule has 1 aromatic rings. The van der Waals surface area contributed by atoms with Crippen molar-refractivity contribution in [1.82, 2.24) is 5.32 Å². The summed E-state index contributed by atoms with van der Waals surface area (Å²) < 4.78 is 13.0. The second kappa shape index (κ2) is 5.50. The van der Waals surface area contributed by atoms with Gasteiger partial charge in [-0.2, -0.15) is 5.26 Å². The maximum atomic E-state index is 13.0. The largest absolute Gasteiger partial charge is 0.295 e. The van der Waals surface area contributed by atoms with E-state index in [2.05, 4.69) is 11.9 Å². The lowest BCUT2D eigenvalue weighted by molar-refractivity contribution is 0.617. The highest BCUT2D eigenvalue weighted by atomic mass is 35.5. The summed E-state index contributed by atoms with van der Waals surface area (Å²) in [6.07, 6.45) is 1.63. The zero-order valence-corrected chi connectivity index (χ0v) is 8.76. The molecule has 0 fully saturated rings. The smallest absolute Gasteiger partial charge is 0.125 e. The Labute approximate surface area is 93.0 Å². The molecule has 1 rings (SSSR count). The standard InChI is InChI=1S/C11H10ClFN2/c1-2-3-15-11(7-14)8-4-9(12)6-10(13)5-8/h2,4-6,11,15H,1,3H2. The van der Waals surface area contributed by atoms with E-state index in [-0.39, 0.29) is 5.02 Å². The van der Waals surface area contributed by atoms with Crippen molar-refractivity contribution in [3.05, 3.63) is 47.3 Å². The summed E-state index contributed by atoms with van der Waals surface area (Å²) in [5, 5.41) is 12.0. The average Bonchev–Trinajstić information content (AvgIpc) is 2.17. The van der Waals surface area contributed by atoms with Gasteiger partial charge >= 0.3 is 0 Å². The van der Waals surface area contributed by atoms with Crippen molar-refractivity contribution in [2.24, 2.45) is 0 Å². The molecular formula is C11H10ClFN2. The van der Waals surface area contributed by atoms with Crippen LogP contribution in [0.2, 0.25) is 5.02 Å². The van der Waals surface area contributed by atoms with E-state index in [0.717, 1.165) is 0 Å². The highest BCUT2D eigenvalue weighted by Crippen LogP contribution is 2.19. The van der Waals surface area contributed by atoms with Crippen molar-refractivity contribution < 1.29 is 4.39 Å². The van der Waals surface area contributed by atoms with Gasteiger partial charge in [-0.1, -0.05) is 17.7 Å². The van der Waals surface area contributed by atoms with Gasteiger partial charge in [-0.25, -0.2) is 4.39 Å². The fourth-order valence-corrected chi connectivity index (χ4v) is 1.41. The zero-order valence-electron chi connectivity index (χ0n) is 8.00. The van der Waals surface area contributed by atoms with Crippen LogP contribution in [0.1, 0.15) is 11.6 Å². The zero-order chi connectivity index (χ0) is 11.3. The van der Waals surface area contributed by atoms with Crippen LogP contribution < -0.4 is 5.32 Å². The van der Waals surface area contributed by atoms with Crippen LogP contribution >= 0.6 is 11.6 Å². The molecule has 0 aliphatic heterocycles. The van der Waals surface area contributed by atoms with Crippen molar-refractivity contribution in [2.75, 3.05) is 6.54 Å². The Morgan fingerprint density at radius 1 is 1.60 bits per heavy atom. The third-order valence-electron chi connectivity index (χ3n) is 1.81. The maximum Gasteiger partial charge on any atom is 0.125 e. The van der Waals surface area contributed by atoms with E-state index in [9.17, 15) is 4.39 Å². The summed E-state index contributed by atoms with van der Waals surface area (Å²) in [7, 11) is 0. The molecule has 1 N–H and O–H groups in total. The molecule has 0 radical (unpaired) electrons. The molecule has 1 unspecified atom stereocenters. The summed E-state index contributed by atoms with van der Waals surface area (Å²) in [5.74, 6) is -0.446. The third-order valence-corrected chi connectivity index (χ3v) is 2.03. The van der Waals surface area contributed by atoms with Crippen LogP contribution in [0.25, 0.3) is 0 Å². The Kier molecular flexibility index (Phi) is 4.29. The Morgan fingerprint density at radius 3 is 2.87 bits per heavy atom. The SMILES string of the molecule is C=CCNC(C#N)c1cc(F)cc(Cl)c1. The molecule has 1 atom stereocenters. The molecule has 0 aliphatic carbocycles. The molecule has 0 saturated carbocycles. The molecule has 0 amide bonds. The molecule has 2 nitrogen and oxygen atoms in total. The molecule has 4 heteroatoms. The first kappa shape index (κ1) is 11.7. The van der Waals surface area contributed by atoms with Crippen molar-refractivity contribution in [3.8, 4) is 6.07 Å². The van der Waals surface area contributed by atoms with Crippen LogP contribution in [0.15, 0.2) is 30.9 Å². The molecule has 1 aromatic carbocycles. The van der Waals surface area contributed by atoms with Gasteiger partial charge < -0.3 is 0 Å². The van der Waals surface area contributed by atoms with Crippen molar-refractivity contribution in [2.45, 2.75) is 6.04 Å². The summed E-state index contributed by atoms with van der Waals surface area (Å²) in [4.78, 5) is 0. The number of halogens is 2. The van der Waals surface area contributed by atoms with Crippen molar-refractivity contribution >= 4 is 11.6 Å². The lowest BCUT2D eigenvalue weighted by Crippen LogP contribution is -2.19. The molecule has 0 aliphatic rings. The first-order valence-corrected chi connectivity index (χ1v) is 4.75. The Morgan fingerprint density at radius 2 is 2.33 bits per heavy atom. The fraction of sp³-hybridized carbons (Fsp3) is 0.182. The van der Waals surface area contributed by atoms with Gasteiger partial charge in [-0.05, 0) is 23.8 Å². The van der Waals surface area contributed by atoms with Gasteiger partial charge in [0, 0.05) is 11.6 Å². The summed E-state index contributed by atoms with van der Waals surface area (Å²) in [6.45, 7) is 4.00. The Balaban J connectivity index is 2.92. The lowest BCUT2D eigenvalue weighted by Gasteiger charge is -2.10. The highest BCUT2D eigenvalue weighted by Gasteiger charge is 2.10. The number of rotatable bonds is 4. The van der Waals surface area contributed by atoms with Gasteiger partial charge in [-0.15, -0.1) is 6.58 Å². The van der Waals surface area contributed by atoms with Gasteiger partial charge in [0.05, 0.1) is 6.07 Å². The minimum atomic E-state index is -0.573. The van der Waals surface area contributed by atoms with Gasteiger partial charge in [0.15, 0.2) is 0 Å². The first-order chi connectivity index (χ1) is 7.17. The Bertz CT molecular complexity index is 378. The van der Waals surface area contributed by atoms with E-state index in [1.165, 1.54) is 12.1 Å². The highest BCUT2D eigenvalue weighted by molar-refractivity contribution is 6.30. The van der Waals surface area contributed by atoms with Crippen LogP contribution in [0.5, 0.6) is 0 Å². The van der Waals surface area contributed by atoms with Gasteiger partial charge in [0.25, 0.3) is 0 Å². The summed E-state index contributed by atoms with van der Waals surface area (Å²) in [5.41, 5.74) is 0.518. The second-order valence-corrected chi connectivity index (χ2v) is 3.40. The van der Waals surface area contributed by atoms with Crippen LogP contribution in [-0.2, 0) is 0 Å². The molecule has 0 bridgehead atoms. The van der Waals surface area contributed by atoms with Crippen LogP contribution in [0.4, 0.5) is 4.39 Å². The van der Waals surface area contributed by atoms with Crippen LogP contribution in [0.3, 0.4) is 0 Å². The van der Waals surface area contributed by atoms with Crippen molar-refractivity contribution in [1.29, 1.82) is 5.26 Å². The first-order valence-electron chi connectivity index (χ1n) is 4.37. The molecule has 0 aromatic heterocycles. The van der Waals surface area contributed by atoms with E-state index in [4.69, 9.17) is 16.9 Å². The predicted octanol–water partition coefficient (Wildman–Crippen LogP) is 2.82. The lowest BCUT2D eigenvalue weighted by atomic mass is 10.1. The van der Waals surface area contributed by atoms with E-state index in [1.807, 2.05) is 6.07 Å². The number of nitrogens with zero attached hydrogens (tertiary/aromatic N) is 1. The van der Waals surface area contributed by atoms with E-state index >= 15 is 0 Å². The van der Waals surface area contributed by atoms with E-state index in [0.29, 0.717) is 12.1 Å². The van der Waals surface area contributed by atoms with Gasteiger partial charge in [0.2, 0.25) is 0 Å². The maximum absolute atomic E-state index is 13.0. The summed E-state index contributed by atoms with van der Waals surface area (Å²) in [6, 6.07) is 5.50. The molecular weight excluding hydrogens is 215 g/mol. The molecule has 15 heavy (non-hydrogen) atoms. The number of hydrogen-bond donors (Lipinski definition) is 1. The molecule has 0 heterocycles. The van der Waals surface area contributed by atoms with E-state index in [1.54, 1.807) is 12.1 Å². The monoisotopic (exact) mass is 224 g/mol. The van der Waals surface area contributed by atoms with Crippen molar-refractivity contribution in [3.63, 3.8) is 0 Å². The predicted molar refractivity (Wildman–Crippen MR) is 58.0 cm³/mol. The normalized spacial score (nSPS) is 11.8. The fourth-order valence-electron chi connectivity index (χ4n) is 1.18. The number of nitrogens with one attached hydrogen (secondary N) is 1. The van der Waals surface area contributed by atoms with Crippen LogP contribution in [-0.4, -0.2) is 6.54 Å². The topological polar surface area (TPSA) is 35.8 Å². The van der Waals surface area contributed by atoms with Gasteiger partial charge in [-0.3, -0.25) is 5.32 Å². The second-order valence-electron chi connectivity index (χ2n) is 2.96. The Hall–Kier alpha value is -1.37.